The van der Waals surface area contributed by atoms with Gasteiger partial charge in [-0.15, -0.1) is 0 Å². The number of anilines is 1. The molecule has 1 amide bonds. The molecule has 2 rings (SSSR count). The predicted octanol–water partition coefficient (Wildman–Crippen LogP) is 2.68. The maximum atomic E-state index is 13.0. The molecule has 0 saturated carbocycles. The Hall–Kier alpha value is -2.27. The van der Waals surface area contributed by atoms with Crippen molar-refractivity contribution >= 4 is 11.6 Å². The van der Waals surface area contributed by atoms with Crippen molar-refractivity contribution in [1.82, 2.24) is 0 Å². The van der Waals surface area contributed by atoms with Gasteiger partial charge in [0, 0.05) is 23.9 Å². The molecule has 0 atom stereocenters. The summed E-state index contributed by atoms with van der Waals surface area (Å²) in [5.74, 6) is -2.17. The second kappa shape index (κ2) is 5.58. The summed E-state index contributed by atoms with van der Waals surface area (Å²) in [6, 6.07) is 9.63. The molecule has 2 aromatic carbocycles. The Morgan fingerprint density at radius 2 is 1.74 bits per heavy atom. The molecule has 0 aromatic heterocycles. The highest BCUT2D eigenvalue weighted by Crippen LogP contribution is 2.16. The van der Waals surface area contributed by atoms with Gasteiger partial charge in [-0.25, -0.2) is 8.78 Å². The Morgan fingerprint density at radius 3 is 2.37 bits per heavy atom. The van der Waals surface area contributed by atoms with Gasteiger partial charge in [-0.2, -0.15) is 0 Å². The zero-order valence-corrected chi connectivity index (χ0v) is 9.99. The van der Waals surface area contributed by atoms with Crippen molar-refractivity contribution in [2.75, 3.05) is 5.32 Å². The largest absolute Gasteiger partial charge is 0.326 e. The number of rotatable bonds is 3. The van der Waals surface area contributed by atoms with Crippen LogP contribution in [0.4, 0.5) is 14.5 Å². The van der Waals surface area contributed by atoms with Crippen molar-refractivity contribution in [2.24, 2.45) is 5.73 Å². The number of carbonyl (C=O) groups excluding carboxylic acids is 1. The molecule has 3 N–H and O–H groups in total. The van der Waals surface area contributed by atoms with Gasteiger partial charge in [-0.05, 0) is 23.8 Å². The fourth-order valence-electron chi connectivity index (χ4n) is 1.70. The molecule has 0 unspecified atom stereocenters. The maximum absolute atomic E-state index is 13.0. The molecule has 3 nitrogen and oxygen atoms in total. The lowest BCUT2D eigenvalue weighted by atomic mass is 10.1. The van der Waals surface area contributed by atoms with Gasteiger partial charge in [0.2, 0.25) is 0 Å². The van der Waals surface area contributed by atoms with Gasteiger partial charge in [0.15, 0.2) is 0 Å². The van der Waals surface area contributed by atoms with E-state index in [1.165, 1.54) is 0 Å². The van der Waals surface area contributed by atoms with Gasteiger partial charge in [0.05, 0.1) is 0 Å². The molecule has 5 heteroatoms. The fraction of sp³-hybridized carbons (Fsp3) is 0.0714. The van der Waals surface area contributed by atoms with Gasteiger partial charge < -0.3 is 11.1 Å². The molecule has 0 radical (unpaired) electrons. The summed E-state index contributed by atoms with van der Waals surface area (Å²) in [5.41, 5.74) is 6.73. The van der Waals surface area contributed by atoms with E-state index in [9.17, 15) is 13.6 Å². The highest BCUT2D eigenvalue weighted by atomic mass is 19.1. The first-order chi connectivity index (χ1) is 9.10. The minimum absolute atomic E-state index is 0.0793. The lowest BCUT2D eigenvalue weighted by Crippen LogP contribution is -2.14. The standard InChI is InChI=1S/C14H12F2N2O/c15-11-5-10(6-12(16)7-11)14(19)18-13-4-2-1-3-9(13)8-17/h1-7H,8,17H2,(H,18,19). The molecule has 19 heavy (non-hydrogen) atoms. The van der Waals surface area contributed by atoms with E-state index in [0.717, 1.165) is 17.7 Å². The minimum Gasteiger partial charge on any atom is -0.326 e. The number of nitrogens with two attached hydrogens (primary N) is 1. The van der Waals surface area contributed by atoms with Crippen molar-refractivity contribution in [2.45, 2.75) is 6.54 Å². The van der Waals surface area contributed by atoms with Crippen LogP contribution in [0.25, 0.3) is 0 Å². The summed E-state index contributed by atoms with van der Waals surface area (Å²) in [6.07, 6.45) is 0. The van der Waals surface area contributed by atoms with Crippen LogP contribution >= 0.6 is 0 Å². The lowest BCUT2D eigenvalue weighted by Gasteiger charge is -2.09. The van der Waals surface area contributed by atoms with E-state index >= 15 is 0 Å². The van der Waals surface area contributed by atoms with Crippen LogP contribution in [0.5, 0.6) is 0 Å². The molecule has 2 aromatic rings. The number of halogens is 2. The van der Waals surface area contributed by atoms with Crippen LogP contribution in [0, 0.1) is 11.6 Å². The molecule has 0 aliphatic rings. The number of amides is 1. The zero-order valence-electron chi connectivity index (χ0n) is 9.99. The van der Waals surface area contributed by atoms with E-state index in [2.05, 4.69) is 5.32 Å². The molecule has 0 heterocycles. The van der Waals surface area contributed by atoms with E-state index in [1.807, 2.05) is 0 Å². The fourth-order valence-corrected chi connectivity index (χ4v) is 1.70. The van der Waals surface area contributed by atoms with Crippen LogP contribution in [0.3, 0.4) is 0 Å². The summed E-state index contributed by atoms with van der Waals surface area (Å²) in [6.45, 7) is 0.258. The van der Waals surface area contributed by atoms with Crippen LogP contribution in [0.2, 0.25) is 0 Å². The Balaban J connectivity index is 2.25. The number of nitrogens with one attached hydrogen (secondary N) is 1. The van der Waals surface area contributed by atoms with E-state index in [0.29, 0.717) is 11.8 Å². The van der Waals surface area contributed by atoms with Gasteiger partial charge >= 0.3 is 0 Å². The molecule has 0 aliphatic carbocycles. The molecular weight excluding hydrogens is 250 g/mol. The second-order valence-electron chi connectivity index (χ2n) is 3.97. The monoisotopic (exact) mass is 262 g/mol. The van der Waals surface area contributed by atoms with Crippen molar-refractivity contribution in [3.8, 4) is 0 Å². The molecule has 0 spiro atoms. The second-order valence-corrected chi connectivity index (χ2v) is 3.97. The van der Waals surface area contributed by atoms with Gasteiger partial charge in [0.25, 0.3) is 5.91 Å². The Labute approximate surface area is 109 Å². The highest BCUT2D eigenvalue weighted by Gasteiger charge is 2.10. The third-order valence-electron chi connectivity index (χ3n) is 2.61. The molecule has 0 fully saturated rings. The number of para-hydroxylation sites is 1. The van der Waals surface area contributed by atoms with Crippen LogP contribution in [0.15, 0.2) is 42.5 Å². The van der Waals surface area contributed by atoms with Crippen molar-refractivity contribution in [1.29, 1.82) is 0 Å². The average molecular weight is 262 g/mol. The number of carbonyl (C=O) groups is 1. The quantitative estimate of drug-likeness (QED) is 0.893. The van der Waals surface area contributed by atoms with Gasteiger partial charge in [0.1, 0.15) is 11.6 Å². The van der Waals surface area contributed by atoms with E-state index in [4.69, 9.17) is 5.73 Å². The smallest absolute Gasteiger partial charge is 0.255 e. The maximum Gasteiger partial charge on any atom is 0.255 e. The Bertz CT molecular complexity index is 594. The van der Waals surface area contributed by atoms with Crippen LogP contribution < -0.4 is 11.1 Å². The molecular formula is C14H12F2N2O. The van der Waals surface area contributed by atoms with Crippen molar-refractivity contribution < 1.29 is 13.6 Å². The number of hydrogen-bond donors (Lipinski definition) is 2. The molecule has 0 saturated heterocycles. The van der Waals surface area contributed by atoms with E-state index < -0.39 is 17.5 Å². The van der Waals surface area contributed by atoms with Crippen LogP contribution in [-0.4, -0.2) is 5.91 Å². The van der Waals surface area contributed by atoms with Crippen molar-refractivity contribution in [3.63, 3.8) is 0 Å². The summed E-state index contributed by atoms with van der Waals surface area (Å²) >= 11 is 0. The summed E-state index contributed by atoms with van der Waals surface area (Å²) in [5, 5.41) is 2.58. The lowest BCUT2D eigenvalue weighted by molar-refractivity contribution is 0.102. The topological polar surface area (TPSA) is 55.1 Å². The first-order valence-electron chi connectivity index (χ1n) is 5.65. The third kappa shape index (κ3) is 3.14. The highest BCUT2D eigenvalue weighted by molar-refractivity contribution is 6.04. The number of hydrogen-bond acceptors (Lipinski definition) is 2. The summed E-state index contributed by atoms with van der Waals surface area (Å²) in [7, 11) is 0. The SMILES string of the molecule is NCc1ccccc1NC(=O)c1cc(F)cc(F)c1. The first kappa shape index (κ1) is 13.2. The van der Waals surface area contributed by atoms with Gasteiger partial charge in [-0.1, -0.05) is 18.2 Å². The van der Waals surface area contributed by atoms with E-state index in [-0.39, 0.29) is 12.1 Å². The molecule has 0 aliphatic heterocycles. The van der Waals surface area contributed by atoms with E-state index in [1.54, 1.807) is 24.3 Å². The predicted molar refractivity (Wildman–Crippen MR) is 68.6 cm³/mol. The Morgan fingerprint density at radius 1 is 1.11 bits per heavy atom. The third-order valence-corrected chi connectivity index (χ3v) is 2.61. The van der Waals surface area contributed by atoms with Crippen LogP contribution in [-0.2, 0) is 6.54 Å². The number of benzene rings is 2. The van der Waals surface area contributed by atoms with Crippen molar-refractivity contribution in [3.05, 3.63) is 65.2 Å². The molecule has 0 bridgehead atoms. The Kier molecular flexibility index (Phi) is 3.87. The normalized spacial score (nSPS) is 10.3. The molecule has 98 valence electrons. The average Bonchev–Trinajstić information content (AvgIpc) is 2.38. The first-order valence-corrected chi connectivity index (χ1v) is 5.65. The summed E-state index contributed by atoms with van der Waals surface area (Å²) < 4.78 is 26.1. The van der Waals surface area contributed by atoms with Crippen LogP contribution in [0.1, 0.15) is 15.9 Å². The summed E-state index contributed by atoms with van der Waals surface area (Å²) in [4.78, 5) is 11.9. The zero-order chi connectivity index (χ0) is 13.8. The van der Waals surface area contributed by atoms with Gasteiger partial charge in [-0.3, -0.25) is 4.79 Å². The minimum atomic E-state index is -0.794.